The highest BCUT2D eigenvalue weighted by Gasteiger charge is 2.35. The van der Waals surface area contributed by atoms with Crippen LogP contribution in [0, 0.1) is 0 Å². The lowest BCUT2D eigenvalue weighted by molar-refractivity contribution is -0.151. The predicted octanol–water partition coefficient (Wildman–Crippen LogP) is 2.26. The van der Waals surface area contributed by atoms with E-state index >= 15 is 0 Å². The van der Waals surface area contributed by atoms with E-state index in [1.807, 2.05) is 31.2 Å². The van der Waals surface area contributed by atoms with Crippen LogP contribution in [0.2, 0.25) is 0 Å². The molecule has 20 heavy (non-hydrogen) atoms. The normalized spacial score (nSPS) is 23.3. The smallest absolute Gasteiger partial charge is 0.332 e. The van der Waals surface area contributed by atoms with Crippen molar-refractivity contribution >= 4 is 27.8 Å². The number of ether oxygens (including phenoxy) is 1. The van der Waals surface area contributed by atoms with E-state index in [4.69, 9.17) is 9.84 Å². The molecular weight excluding hydrogens is 326 g/mol. The molecule has 0 saturated carbocycles. The van der Waals surface area contributed by atoms with Crippen molar-refractivity contribution in [3.63, 3.8) is 0 Å². The van der Waals surface area contributed by atoms with Gasteiger partial charge in [-0.05, 0) is 31.4 Å². The third-order valence-electron chi connectivity index (χ3n) is 3.32. The Morgan fingerprint density at radius 3 is 2.60 bits per heavy atom. The lowest BCUT2D eigenvalue weighted by Gasteiger charge is -2.18. The SMILES string of the molecule is CC(NC(=O)C1CCC(C(=O)O)O1)c1ccccc1Br. The van der Waals surface area contributed by atoms with Gasteiger partial charge in [0.15, 0.2) is 6.10 Å². The van der Waals surface area contributed by atoms with Crippen LogP contribution in [0.1, 0.15) is 31.4 Å². The molecule has 1 heterocycles. The Morgan fingerprint density at radius 1 is 1.35 bits per heavy atom. The minimum absolute atomic E-state index is 0.175. The molecule has 1 amide bonds. The van der Waals surface area contributed by atoms with Gasteiger partial charge in [0, 0.05) is 4.47 Å². The topological polar surface area (TPSA) is 75.6 Å². The van der Waals surface area contributed by atoms with E-state index in [2.05, 4.69) is 21.2 Å². The van der Waals surface area contributed by atoms with E-state index in [1.165, 1.54) is 0 Å². The number of benzene rings is 1. The van der Waals surface area contributed by atoms with E-state index < -0.39 is 18.2 Å². The van der Waals surface area contributed by atoms with Gasteiger partial charge in [-0.15, -0.1) is 0 Å². The van der Waals surface area contributed by atoms with Crippen molar-refractivity contribution in [3.05, 3.63) is 34.3 Å². The Balaban J connectivity index is 1.95. The lowest BCUT2D eigenvalue weighted by atomic mass is 10.1. The van der Waals surface area contributed by atoms with Crippen molar-refractivity contribution in [1.29, 1.82) is 0 Å². The number of nitrogens with one attached hydrogen (secondary N) is 1. The van der Waals surface area contributed by atoms with Gasteiger partial charge in [0.2, 0.25) is 5.91 Å². The van der Waals surface area contributed by atoms with Crippen LogP contribution >= 0.6 is 15.9 Å². The van der Waals surface area contributed by atoms with Gasteiger partial charge in [0.05, 0.1) is 6.04 Å². The second kappa shape index (κ2) is 6.37. The van der Waals surface area contributed by atoms with Crippen LogP contribution in [0.3, 0.4) is 0 Å². The monoisotopic (exact) mass is 341 g/mol. The van der Waals surface area contributed by atoms with Crippen LogP contribution in [0.4, 0.5) is 0 Å². The Kier molecular flexibility index (Phi) is 4.77. The van der Waals surface area contributed by atoms with E-state index in [1.54, 1.807) is 0 Å². The second-order valence-electron chi connectivity index (χ2n) is 4.78. The third kappa shape index (κ3) is 3.37. The molecule has 1 fully saturated rings. The first-order valence-corrected chi connectivity index (χ1v) is 7.21. The summed E-state index contributed by atoms with van der Waals surface area (Å²) < 4.78 is 6.15. The average molecular weight is 342 g/mol. The van der Waals surface area contributed by atoms with Gasteiger partial charge in [0.25, 0.3) is 0 Å². The maximum Gasteiger partial charge on any atom is 0.332 e. The number of carboxylic acid groups (broad SMARTS) is 1. The van der Waals surface area contributed by atoms with Crippen molar-refractivity contribution in [1.82, 2.24) is 5.32 Å². The van der Waals surface area contributed by atoms with Crippen molar-refractivity contribution in [2.24, 2.45) is 0 Å². The lowest BCUT2D eigenvalue weighted by Crippen LogP contribution is -2.37. The number of carbonyl (C=O) groups excluding carboxylic acids is 1. The molecule has 0 spiro atoms. The molecule has 0 aliphatic carbocycles. The number of hydrogen-bond acceptors (Lipinski definition) is 3. The summed E-state index contributed by atoms with van der Waals surface area (Å²) in [5, 5.41) is 11.7. The van der Waals surface area contributed by atoms with E-state index in [0.717, 1.165) is 10.0 Å². The maximum absolute atomic E-state index is 12.1. The molecular formula is C14H16BrNO4. The van der Waals surface area contributed by atoms with Crippen LogP contribution in [-0.4, -0.2) is 29.2 Å². The quantitative estimate of drug-likeness (QED) is 0.880. The summed E-state index contributed by atoms with van der Waals surface area (Å²) in [6.45, 7) is 1.88. The summed E-state index contributed by atoms with van der Waals surface area (Å²) in [5.74, 6) is -1.28. The first kappa shape index (κ1) is 15.0. The van der Waals surface area contributed by atoms with Gasteiger partial charge in [-0.25, -0.2) is 4.79 Å². The predicted molar refractivity (Wildman–Crippen MR) is 76.2 cm³/mol. The van der Waals surface area contributed by atoms with Crippen molar-refractivity contribution in [3.8, 4) is 0 Å². The summed E-state index contributed by atoms with van der Waals surface area (Å²) in [4.78, 5) is 22.9. The fourth-order valence-corrected chi connectivity index (χ4v) is 2.85. The molecule has 2 N–H and O–H groups in total. The highest BCUT2D eigenvalue weighted by atomic mass is 79.9. The summed E-state index contributed by atoms with van der Waals surface area (Å²) in [6, 6.07) is 7.45. The minimum atomic E-state index is -1.01. The first-order chi connectivity index (χ1) is 9.49. The fourth-order valence-electron chi connectivity index (χ4n) is 2.22. The Morgan fingerprint density at radius 2 is 2.00 bits per heavy atom. The molecule has 108 valence electrons. The van der Waals surface area contributed by atoms with Gasteiger partial charge in [0.1, 0.15) is 6.10 Å². The molecule has 1 saturated heterocycles. The molecule has 6 heteroatoms. The van der Waals surface area contributed by atoms with Crippen LogP contribution in [-0.2, 0) is 14.3 Å². The Labute approximate surface area is 125 Å². The number of carboxylic acids is 1. The van der Waals surface area contributed by atoms with Gasteiger partial charge >= 0.3 is 5.97 Å². The molecule has 5 nitrogen and oxygen atoms in total. The molecule has 1 aliphatic heterocycles. The zero-order valence-electron chi connectivity index (χ0n) is 11.0. The van der Waals surface area contributed by atoms with Crippen LogP contribution in [0.25, 0.3) is 0 Å². The average Bonchev–Trinajstić information content (AvgIpc) is 2.88. The van der Waals surface area contributed by atoms with Crippen molar-refractivity contribution in [2.45, 2.75) is 38.0 Å². The van der Waals surface area contributed by atoms with Gasteiger partial charge in [-0.3, -0.25) is 4.79 Å². The zero-order valence-corrected chi connectivity index (χ0v) is 12.6. The summed E-state index contributed by atoms with van der Waals surface area (Å²) in [6.07, 6.45) is -0.743. The Bertz CT molecular complexity index is 520. The number of rotatable bonds is 4. The molecule has 0 bridgehead atoms. The largest absolute Gasteiger partial charge is 0.479 e. The summed E-state index contributed by atoms with van der Waals surface area (Å²) >= 11 is 3.44. The molecule has 1 aliphatic rings. The molecule has 0 aromatic heterocycles. The van der Waals surface area contributed by atoms with Crippen molar-refractivity contribution in [2.75, 3.05) is 0 Å². The minimum Gasteiger partial charge on any atom is -0.479 e. The van der Waals surface area contributed by atoms with Crippen LogP contribution in [0.5, 0.6) is 0 Å². The van der Waals surface area contributed by atoms with Crippen molar-refractivity contribution < 1.29 is 19.4 Å². The van der Waals surface area contributed by atoms with Gasteiger partial charge in [-0.2, -0.15) is 0 Å². The summed E-state index contributed by atoms with van der Waals surface area (Å²) in [5.41, 5.74) is 0.966. The highest BCUT2D eigenvalue weighted by Crippen LogP contribution is 2.24. The molecule has 3 unspecified atom stereocenters. The number of carbonyl (C=O) groups is 2. The van der Waals surface area contributed by atoms with Crippen LogP contribution in [0.15, 0.2) is 28.7 Å². The number of amides is 1. The maximum atomic E-state index is 12.1. The third-order valence-corrected chi connectivity index (χ3v) is 4.04. The number of halogens is 1. The molecule has 3 atom stereocenters. The van der Waals surface area contributed by atoms with E-state index in [9.17, 15) is 9.59 Å². The van der Waals surface area contributed by atoms with Gasteiger partial charge < -0.3 is 15.2 Å². The fraction of sp³-hybridized carbons (Fsp3) is 0.429. The molecule has 1 aromatic rings. The first-order valence-electron chi connectivity index (χ1n) is 6.42. The van der Waals surface area contributed by atoms with E-state index in [0.29, 0.717) is 12.8 Å². The van der Waals surface area contributed by atoms with Gasteiger partial charge in [-0.1, -0.05) is 34.1 Å². The highest BCUT2D eigenvalue weighted by molar-refractivity contribution is 9.10. The number of hydrogen-bond donors (Lipinski definition) is 2. The molecule has 1 aromatic carbocycles. The Hall–Kier alpha value is -1.40. The van der Waals surface area contributed by atoms with E-state index in [-0.39, 0.29) is 11.9 Å². The summed E-state index contributed by atoms with van der Waals surface area (Å²) in [7, 11) is 0. The standard InChI is InChI=1S/C14H16BrNO4/c1-8(9-4-2-3-5-10(9)15)16-13(17)11-6-7-12(20-11)14(18)19/h2-5,8,11-12H,6-7H2,1H3,(H,16,17)(H,18,19). The van der Waals surface area contributed by atoms with Crippen LogP contribution < -0.4 is 5.32 Å². The second-order valence-corrected chi connectivity index (χ2v) is 5.64. The zero-order chi connectivity index (χ0) is 14.7. The molecule has 0 radical (unpaired) electrons. The number of aliphatic carboxylic acids is 1. The molecule has 2 rings (SSSR count).